The molecule has 0 bridgehead atoms. The highest BCUT2D eigenvalue weighted by Crippen LogP contribution is 2.32. The van der Waals surface area contributed by atoms with Crippen LogP contribution in [0, 0.1) is 0 Å². The SMILES string of the molecule is Nc1nc(NCC(=O)O)c2ncn([C@@H]3O[C@@H](CO)[C@@H](O)[C@@H]3O)c2n1. The standard InChI is InChI=1S/C12H16N6O6/c13-12-16-9(14-1-5(20)21)6-10(17-12)18(3-15-6)11-8(23)7(22)4(2-19)24-11/h3-4,7-8,11,19,22-23H,1-2H2,(H,20,21)(H3,13,14,16,17)/t4-,7+,8-,11+/m0/s1. The molecule has 1 fully saturated rings. The maximum absolute atomic E-state index is 10.7. The van der Waals surface area contributed by atoms with Crippen LogP contribution >= 0.6 is 0 Å². The molecule has 0 aromatic carbocycles. The maximum Gasteiger partial charge on any atom is 0.322 e. The van der Waals surface area contributed by atoms with Crippen molar-refractivity contribution in [1.82, 2.24) is 19.5 Å². The number of nitrogens with one attached hydrogen (secondary N) is 1. The van der Waals surface area contributed by atoms with Crippen LogP contribution in [0.2, 0.25) is 0 Å². The zero-order valence-corrected chi connectivity index (χ0v) is 12.3. The summed E-state index contributed by atoms with van der Waals surface area (Å²) >= 11 is 0. The maximum atomic E-state index is 10.7. The van der Waals surface area contributed by atoms with Gasteiger partial charge in [-0.1, -0.05) is 0 Å². The summed E-state index contributed by atoms with van der Waals surface area (Å²) in [6, 6.07) is 0. The van der Waals surface area contributed by atoms with Gasteiger partial charge in [0.15, 0.2) is 23.2 Å². The first-order valence-electron chi connectivity index (χ1n) is 7.00. The van der Waals surface area contributed by atoms with Crippen molar-refractivity contribution >= 4 is 28.9 Å². The highest BCUT2D eigenvalue weighted by atomic mass is 16.6. The first-order chi connectivity index (χ1) is 11.4. The number of fused-ring (bicyclic) bond motifs is 1. The van der Waals surface area contributed by atoms with E-state index in [1.165, 1.54) is 10.9 Å². The molecule has 0 aliphatic carbocycles. The normalized spacial score (nSPS) is 26.8. The number of aliphatic hydroxyl groups is 3. The van der Waals surface area contributed by atoms with Gasteiger partial charge in [0.1, 0.15) is 24.9 Å². The minimum absolute atomic E-state index is 0.116. The molecule has 130 valence electrons. The van der Waals surface area contributed by atoms with Crippen molar-refractivity contribution < 1.29 is 30.0 Å². The van der Waals surface area contributed by atoms with Crippen molar-refractivity contribution in [3.63, 3.8) is 0 Å². The zero-order chi connectivity index (χ0) is 17.4. The van der Waals surface area contributed by atoms with Crippen molar-refractivity contribution in [3.05, 3.63) is 6.33 Å². The molecule has 24 heavy (non-hydrogen) atoms. The number of nitrogens with zero attached hydrogens (tertiary/aromatic N) is 4. The Labute approximate surface area is 134 Å². The van der Waals surface area contributed by atoms with Crippen LogP contribution in [0.1, 0.15) is 6.23 Å². The number of nitrogens with two attached hydrogens (primary N) is 1. The molecule has 2 aromatic heterocycles. The summed E-state index contributed by atoms with van der Waals surface area (Å²) in [5.74, 6) is -1.11. The van der Waals surface area contributed by atoms with Crippen LogP contribution in [0.25, 0.3) is 11.2 Å². The molecular formula is C12H16N6O6. The Balaban J connectivity index is 2.00. The van der Waals surface area contributed by atoms with Crippen LogP contribution in [0.3, 0.4) is 0 Å². The molecular weight excluding hydrogens is 324 g/mol. The number of rotatable bonds is 5. The van der Waals surface area contributed by atoms with Gasteiger partial charge in [0.2, 0.25) is 5.95 Å². The molecule has 3 heterocycles. The highest BCUT2D eigenvalue weighted by molar-refractivity contribution is 5.86. The fourth-order valence-corrected chi connectivity index (χ4v) is 2.51. The molecule has 0 amide bonds. The van der Waals surface area contributed by atoms with Gasteiger partial charge in [0, 0.05) is 0 Å². The van der Waals surface area contributed by atoms with Gasteiger partial charge < -0.3 is 36.2 Å². The van der Waals surface area contributed by atoms with E-state index >= 15 is 0 Å². The summed E-state index contributed by atoms with van der Waals surface area (Å²) in [5.41, 5.74) is 6.04. The Bertz CT molecular complexity index is 766. The Morgan fingerprint density at radius 3 is 2.75 bits per heavy atom. The van der Waals surface area contributed by atoms with Crippen LogP contribution in [-0.2, 0) is 9.53 Å². The molecule has 0 radical (unpaired) electrons. The number of nitrogen functional groups attached to an aromatic ring is 1. The van der Waals surface area contributed by atoms with E-state index in [0.29, 0.717) is 0 Å². The van der Waals surface area contributed by atoms with E-state index in [0.717, 1.165) is 0 Å². The summed E-state index contributed by atoms with van der Waals surface area (Å²) in [6.45, 7) is -0.865. The van der Waals surface area contributed by atoms with Gasteiger partial charge in [-0.25, -0.2) is 4.98 Å². The molecule has 0 spiro atoms. The summed E-state index contributed by atoms with van der Waals surface area (Å²) in [5, 5.41) is 40.4. The fraction of sp³-hybridized carbons (Fsp3) is 0.500. The van der Waals surface area contributed by atoms with E-state index in [1.54, 1.807) is 0 Å². The number of carboxylic acids is 1. The van der Waals surface area contributed by atoms with Gasteiger partial charge in [0.05, 0.1) is 12.9 Å². The predicted molar refractivity (Wildman–Crippen MR) is 78.9 cm³/mol. The lowest BCUT2D eigenvalue weighted by Crippen LogP contribution is -2.33. The second-order valence-electron chi connectivity index (χ2n) is 5.23. The Hall–Kier alpha value is -2.54. The topological polar surface area (TPSA) is 189 Å². The molecule has 12 heteroatoms. The number of anilines is 2. The summed E-state index contributed by atoms with van der Waals surface area (Å²) in [7, 11) is 0. The van der Waals surface area contributed by atoms with Crippen LogP contribution in [0.15, 0.2) is 6.33 Å². The second-order valence-corrected chi connectivity index (χ2v) is 5.23. The fourth-order valence-electron chi connectivity index (χ4n) is 2.51. The van der Waals surface area contributed by atoms with Gasteiger partial charge in [-0.3, -0.25) is 9.36 Å². The van der Waals surface area contributed by atoms with Crippen LogP contribution in [0.5, 0.6) is 0 Å². The average Bonchev–Trinajstić information content (AvgIpc) is 3.07. The number of carbonyl (C=O) groups is 1. The molecule has 7 N–H and O–H groups in total. The number of hydrogen-bond acceptors (Lipinski definition) is 10. The molecule has 2 aromatic rings. The van der Waals surface area contributed by atoms with E-state index in [-0.39, 0.29) is 22.9 Å². The lowest BCUT2D eigenvalue weighted by Gasteiger charge is -2.16. The molecule has 1 aliphatic heterocycles. The summed E-state index contributed by atoms with van der Waals surface area (Å²) < 4.78 is 6.76. The number of aliphatic hydroxyl groups excluding tert-OH is 3. The molecule has 0 saturated carbocycles. The third kappa shape index (κ3) is 2.71. The number of ether oxygens (including phenoxy) is 1. The van der Waals surface area contributed by atoms with E-state index in [1.807, 2.05) is 0 Å². The monoisotopic (exact) mass is 340 g/mol. The van der Waals surface area contributed by atoms with Crippen molar-refractivity contribution in [2.45, 2.75) is 24.5 Å². The first-order valence-corrected chi connectivity index (χ1v) is 7.00. The lowest BCUT2D eigenvalue weighted by atomic mass is 10.1. The van der Waals surface area contributed by atoms with E-state index in [2.05, 4.69) is 20.3 Å². The summed E-state index contributed by atoms with van der Waals surface area (Å²) in [4.78, 5) is 22.7. The van der Waals surface area contributed by atoms with Gasteiger partial charge in [0.25, 0.3) is 0 Å². The van der Waals surface area contributed by atoms with E-state index < -0.39 is 43.7 Å². The second kappa shape index (κ2) is 6.16. The minimum atomic E-state index is -1.31. The van der Waals surface area contributed by atoms with Crippen LogP contribution < -0.4 is 11.1 Å². The molecule has 3 rings (SSSR count). The van der Waals surface area contributed by atoms with Gasteiger partial charge in [-0.05, 0) is 0 Å². The Kier molecular flexibility index (Phi) is 4.19. The van der Waals surface area contributed by atoms with Gasteiger partial charge in [-0.15, -0.1) is 0 Å². The van der Waals surface area contributed by atoms with Crippen molar-refractivity contribution in [2.75, 3.05) is 24.2 Å². The number of aromatic nitrogens is 4. The summed E-state index contributed by atoms with van der Waals surface area (Å²) in [6.07, 6.45) is -3.28. The van der Waals surface area contributed by atoms with E-state index in [4.69, 9.17) is 20.7 Å². The molecule has 1 aliphatic rings. The molecule has 12 nitrogen and oxygen atoms in total. The quantitative estimate of drug-likeness (QED) is 0.338. The van der Waals surface area contributed by atoms with Crippen molar-refractivity contribution in [1.29, 1.82) is 0 Å². The number of aliphatic carboxylic acids is 1. The number of carboxylic acid groups (broad SMARTS) is 1. The smallest absolute Gasteiger partial charge is 0.322 e. The lowest BCUT2D eigenvalue weighted by molar-refractivity contribution is -0.134. The van der Waals surface area contributed by atoms with Gasteiger partial charge in [-0.2, -0.15) is 9.97 Å². The van der Waals surface area contributed by atoms with Crippen LogP contribution in [-0.4, -0.2) is 77.4 Å². The van der Waals surface area contributed by atoms with Crippen LogP contribution in [0.4, 0.5) is 11.8 Å². The first kappa shape index (κ1) is 16.3. The third-order valence-corrected chi connectivity index (χ3v) is 3.64. The molecule has 0 unspecified atom stereocenters. The number of hydrogen-bond donors (Lipinski definition) is 6. The van der Waals surface area contributed by atoms with Gasteiger partial charge >= 0.3 is 5.97 Å². The van der Waals surface area contributed by atoms with Crippen molar-refractivity contribution in [2.24, 2.45) is 0 Å². The average molecular weight is 340 g/mol. The third-order valence-electron chi connectivity index (χ3n) is 3.64. The molecule has 4 atom stereocenters. The predicted octanol–water partition coefficient (Wildman–Crippen LogP) is -2.48. The number of imidazole rings is 1. The zero-order valence-electron chi connectivity index (χ0n) is 12.3. The van der Waals surface area contributed by atoms with Crippen molar-refractivity contribution in [3.8, 4) is 0 Å². The van der Waals surface area contributed by atoms with E-state index in [9.17, 15) is 15.0 Å². The minimum Gasteiger partial charge on any atom is -0.480 e. The highest BCUT2D eigenvalue weighted by Gasteiger charge is 2.44. The Morgan fingerprint density at radius 1 is 1.38 bits per heavy atom. The molecule has 1 saturated heterocycles. The largest absolute Gasteiger partial charge is 0.480 e. The Morgan fingerprint density at radius 2 is 2.12 bits per heavy atom.